The maximum atomic E-state index is 8.92. The van der Waals surface area contributed by atoms with Crippen LogP contribution in [0.2, 0.25) is 0 Å². The second-order valence-corrected chi connectivity index (χ2v) is 2.70. The van der Waals surface area contributed by atoms with Crippen molar-refractivity contribution in [3.8, 4) is 0 Å². The van der Waals surface area contributed by atoms with Crippen LogP contribution >= 0.6 is 8.86 Å². The normalized spacial score (nSPS) is 12.5. The summed E-state index contributed by atoms with van der Waals surface area (Å²) in [5.41, 5.74) is 1.13. The van der Waals surface area contributed by atoms with Crippen LogP contribution in [0.15, 0.2) is 30.3 Å². The highest BCUT2D eigenvalue weighted by molar-refractivity contribution is 7.18. The Morgan fingerprint density at radius 2 is 2.00 bits per heavy atom. The number of hydrogen-bond acceptors (Lipinski definition) is 1. The largest absolute Gasteiger partial charge is 0.395 e. The first-order valence-corrected chi connectivity index (χ1v) is 4.12. The Morgan fingerprint density at radius 1 is 1.36 bits per heavy atom. The van der Waals surface area contributed by atoms with Gasteiger partial charge in [0, 0.05) is 5.92 Å². The van der Waals surface area contributed by atoms with Gasteiger partial charge in [-0.2, -0.15) is 0 Å². The molecule has 58 valence electrons. The Hall–Kier alpha value is -0.650. The minimum atomic E-state index is 0.105. The molecule has 0 amide bonds. The number of aliphatic hydroxyl groups excluding tert-OH is 1. The molecule has 2 heteroatoms. The van der Waals surface area contributed by atoms with E-state index in [9.17, 15) is 0 Å². The van der Waals surface area contributed by atoms with Crippen molar-refractivity contribution in [1.82, 2.24) is 0 Å². The molecule has 1 unspecified atom stereocenters. The van der Waals surface area contributed by atoms with Gasteiger partial charge >= 0.3 is 0 Å². The van der Waals surface area contributed by atoms with Crippen LogP contribution in [0.3, 0.4) is 0 Å². The monoisotopic (exact) mass is 166 g/mol. The molecular formula is C9H11OP. The van der Waals surface area contributed by atoms with Crippen LogP contribution in [0.5, 0.6) is 0 Å². The third-order valence-electron chi connectivity index (χ3n) is 1.63. The van der Waals surface area contributed by atoms with E-state index in [0.717, 1.165) is 5.56 Å². The minimum Gasteiger partial charge on any atom is -0.395 e. The van der Waals surface area contributed by atoms with E-state index in [1.807, 2.05) is 36.1 Å². The zero-order valence-corrected chi connectivity index (χ0v) is 7.20. The first-order chi connectivity index (χ1) is 5.38. The summed E-state index contributed by atoms with van der Waals surface area (Å²) in [6.07, 6.45) is 0. The predicted molar refractivity (Wildman–Crippen MR) is 50.6 cm³/mol. The minimum absolute atomic E-state index is 0.105. The van der Waals surface area contributed by atoms with E-state index in [0.29, 0.717) is 0 Å². The Labute approximate surface area is 68.9 Å². The van der Waals surface area contributed by atoms with Gasteiger partial charge in [0.1, 0.15) is 0 Å². The van der Waals surface area contributed by atoms with Crippen LogP contribution in [0, 0.1) is 0 Å². The molecule has 0 aromatic heterocycles. The zero-order valence-electron chi connectivity index (χ0n) is 6.20. The van der Waals surface area contributed by atoms with Gasteiger partial charge in [-0.25, -0.2) is 0 Å². The Bertz CT molecular complexity index is 220. The third-order valence-corrected chi connectivity index (χ3v) is 2.03. The number of benzene rings is 1. The molecular weight excluding hydrogens is 155 g/mol. The van der Waals surface area contributed by atoms with Gasteiger partial charge in [-0.05, 0) is 5.56 Å². The van der Waals surface area contributed by atoms with Crippen molar-refractivity contribution in [2.45, 2.75) is 5.92 Å². The van der Waals surface area contributed by atoms with E-state index in [2.05, 4.69) is 8.86 Å². The molecule has 0 aliphatic heterocycles. The SMILES string of the molecule is OCC(C=P)c1ccccc1. The van der Waals surface area contributed by atoms with Gasteiger partial charge in [0.15, 0.2) is 0 Å². The van der Waals surface area contributed by atoms with Crippen molar-refractivity contribution in [2.24, 2.45) is 0 Å². The van der Waals surface area contributed by atoms with E-state index in [4.69, 9.17) is 5.11 Å². The third kappa shape index (κ3) is 2.14. The molecule has 0 radical (unpaired) electrons. The number of rotatable bonds is 3. The van der Waals surface area contributed by atoms with E-state index < -0.39 is 0 Å². The van der Waals surface area contributed by atoms with Crippen molar-refractivity contribution in [3.63, 3.8) is 0 Å². The van der Waals surface area contributed by atoms with E-state index >= 15 is 0 Å². The van der Waals surface area contributed by atoms with Crippen molar-refractivity contribution < 1.29 is 5.11 Å². The molecule has 0 saturated heterocycles. The molecule has 0 saturated carbocycles. The molecule has 1 rings (SSSR count). The Morgan fingerprint density at radius 3 is 2.45 bits per heavy atom. The zero-order chi connectivity index (χ0) is 8.10. The van der Waals surface area contributed by atoms with E-state index in [1.165, 1.54) is 0 Å². The van der Waals surface area contributed by atoms with Gasteiger partial charge in [0.2, 0.25) is 0 Å². The van der Waals surface area contributed by atoms with Crippen molar-refractivity contribution in [2.75, 3.05) is 6.61 Å². The average molecular weight is 166 g/mol. The fourth-order valence-electron chi connectivity index (χ4n) is 0.955. The summed E-state index contributed by atoms with van der Waals surface area (Å²) in [4.78, 5) is 0. The second kappa shape index (κ2) is 4.27. The molecule has 11 heavy (non-hydrogen) atoms. The van der Waals surface area contributed by atoms with Crippen LogP contribution in [0.4, 0.5) is 0 Å². The Kier molecular flexibility index (Phi) is 3.28. The number of aliphatic hydroxyl groups is 1. The molecule has 0 bridgehead atoms. The van der Waals surface area contributed by atoms with Crippen LogP contribution < -0.4 is 0 Å². The first-order valence-electron chi connectivity index (χ1n) is 3.55. The molecule has 0 aliphatic rings. The molecule has 1 nitrogen and oxygen atoms in total. The summed E-state index contributed by atoms with van der Waals surface area (Å²) in [6, 6.07) is 9.89. The van der Waals surface area contributed by atoms with Gasteiger partial charge in [-0.15, -0.1) is 8.86 Å². The molecule has 0 fully saturated rings. The van der Waals surface area contributed by atoms with Gasteiger partial charge in [-0.1, -0.05) is 36.1 Å². The summed E-state index contributed by atoms with van der Waals surface area (Å²) >= 11 is 0. The quantitative estimate of drug-likeness (QED) is 0.677. The molecule has 1 aromatic rings. The van der Waals surface area contributed by atoms with Crippen molar-refractivity contribution >= 4 is 14.7 Å². The molecule has 0 spiro atoms. The highest BCUT2D eigenvalue weighted by Crippen LogP contribution is 2.12. The summed E-state index contributed by atoms with van der Waals surface area (Å²) in [5.74, 6) is 1.92. The topological polar surface area (TPSA) is 20.2 Å². The first kappa shape index (κ1) is 8.45. The summed E-state index contributed by atoms with van der Waals surface area (Å²) in [5, 5.41) is 8.92. The van der Waals surface area contributed by atoms with E-state index in [1.54, 1.807) is 0 Å². The lowest BCUT2D eigenvalue weighted by molar-refractivity contribution is 0.292. The van der Waals surface area contributed by atoms with Gasteiger partial charge in [0.05, 0.1) is 6.61 Å². The smallest absolute Gasteiger partial charge is 0.0537 e. The van der Waals surface area contributed by atoms with E-state index in [-0.39, 0.29) is 12.5 Å². The molecule has 1 N–H and O–H groups in total. The average Bonchev–Trinajstić information content (AvgIpc) is 2.09. The Balaban J connectivity index is 2.82. The lowest BCUT2D eigenvalue weighted by Gasteiger charge is -2.07. The van der Waals surface area contributed by atoms with Crippen molar-refractivity contribution in [3.05, 3.63) is 35.9 Å². The lowest BCUT2D eigenvalue weighted by atomic mass is 10.0. The standard InChI is InChI=1S/C9H11OP/c10-6-9(7-11)8-4-2-1-3-5-8/h1-5,7,9-11H,6H2. The highest BCUT2D eigenvalue weighted by Gasteiger charge is 2.03. The van der Waals surface area contributed by atoms with Gasteiger partial charge in [-0.3, -0.25) is 0 Å². The molecule has 0 heterocycles. The van der Waals surface area contributed by atoms with Gasteiger partial charge < -0.3 is 5.11 Å². The van der Waals surface area contributed by atoms with Gasteiger partial charge in [0.25, 0.3) is 0 Å². The summed E-state index contributed by atoms with van der Waals surface area (Å²) in [6.45, 7) is 0.146. The highest BCUT2D eigenvalue weighted by atomic mass is 31.0. The van der Waals surface area contributed by atoms with Crippen LogP contribution in [0.1, 0.15) is 11.5 Å². The van der Waals surface area contributed by atoms with Crippen LogP contribution in [-0.4, -0.2) is 17.5 Å². The summed E-state index contributed by atoms with van der Waals surface area (Å²) < 4.78 is 0. The van der Waals surface area contributed by atoms with Crippen molar-refractivity contribution in [1.29, 1.82) is 0 Å². The number of hydrogen-bond donors (Lipinski definition) is 1. The lowest BCUT2D eigenvalue weighted by Crippen LogP contribution is -2.03. The van der Waals surface area contributed by atoms with Crippen LogP contribution in [-0.2, 0) is 0 Å². The maximum absolute atomic E-state index is 8.92. The second-order valence-electron chi connectivity index (χ2n) is 2.37. The fourth-order valence-corrected chi connectivity index (χ4v) is 1.25. The fraction of sp³-hybridized carbons (Fsp3) is 0.222. The van der Waals surface area contributed by atoms with Crippen LogP contribution in [0.25, 0.3) is 0 Å². The maximum Gasteiger partial charge on any atom is 0.0537 e. The predicted octanol–water partition coefficient (Wildman–Crippen LogP) is 1.71. The summed E-state index contributed by atoms with van der Waals surface area (Å²) in [7, 11) is 3.27. The molecule has 1 atom stereocenters. The molecule has 1 aromatic carbocycles. The molecule has 0 aliphatic carbocycles.